The number of rotatable bonds is 3. The number of carbonyl (C=O) groups excluding carboxylic acids is 1. The van der Waals surface area contributed by atoms with E-state index < -0.39 is 0 Å². The molecule has 1 amide bonds. The number of amides is 1. The number of nitrogens with one attached hydrogen (secondary N) is 1. The molecule has 132 valence electrons. The highest BCUT2D eigenvalue weighted by Gasteiger charge is 2.15. The molecule has 0 unspecified atom stereocenters. The topological polar surface area (TPSA) is 54.9 Å². The first-order chi connectivity index (χ1) is 13.1. The van der Waals surface area contributed by atoms with Gasteiger partial charge in [-0.15, -0.1) is 0 Å². The minimum atomic E-state index is -0.142. The molecule has 1 N–H and O–H groups in total. The molecule has 27 heavy (non-hydrogen) atoms. The molecule has 2 heterocycles. The van der Waals surface area contributed by atoms with Crippen molar-refractivity contribution < 1.29 is 4.79 Å². The van der Waals surface area contributed by atoms with E-state index in [0.29, 0.717) is 5.56 Å². The first kappa shape index (κ1) is 16.9. The van der Waals surface area contributed by atoms with Crippen molar-refractivity contribution in [1.29, 1.82) is 0 Å². The summed E-state index contributed by atoms with van der Waals surface area (Å²) in [4.78, 5) is 22.0. The fraction of sp³-hybridized carbons (Fsp3) is 0.0870. The lowest BCUT2D eigenvalue weighted by Crippen LogP contribution is -2.14. The minimum Gasteiger partial charge on any atom is -0.321 e. The maximum absolute atomic E-state index is 13.2. The van der Waals surface area contributed by atoms with Crippen LogP contribution in [0.3, 0.4) is 0 Å². The maximum atomic E-state index is 13.2. The number of fused-ring (bicyclic) bond motifs is 1. The molecular formula is C23H19N3O. The molecular weight excluding hydrogens is 334 g/mol. The number of hydrogen-bond acceptors (Lipinski definition) is 3. The van der Waals surface area contributed by atoms with E-state index >= 15 is 0 Å². The van der Waals surface area contributed by atoms with E-state index in [4.69, 9.17) is 4.98 Å². The molecule has 0 fully saturated rings. The molecule has 0 aliphatic carbocycles. The number of anilines is 1. The fourth-order valence-corrected chi connectivity index (χ4v) is 3.22. The van der Waals surface area contributed by atoms with Gasteiger partial charge in [0.05, 0.1) is 16.8 Å². The third-order valence-electron chi connectivity index (χ3n) is 4.64. The molecule has 4 nitrogen and oxygen atoms in total. The molecule has 0 saturated heterocycles. The van der Waals surface area contributed by atoms with Gasteiger partial charge in [0.25, 0.3) is 5.91 Å². The van der Waals surface area contributed by atoms with Crippen molar-refractivity contribution in [1.82, 2.24) is 9.97 Å². The highest BCUT2D eigenvalue weighted by atomic mass is 16.1. The minimum absolute atomic E-state index is 0.142. The van der Waals surface area contributed by atoms with E-state index in [1.807, 2.05) is 74.5 Å². The summed E-state index contributed by atoms with van der Waals surface area (Å²) in [6.07, 6.45) is 3.48. The number of carbonyl (C=O) groups is 1. The van der Waals surface area contributed by atoms with E-state index in [1.54, 1.807) is 12.4 Å². The molecule has 0 bridgehead atoms. The quantitative estimate of drug-likeness (QED) is 0.553. The van der Waals surface area contributed by atoms with Crippen molar-refractivity contribution >= 4 is 22.5 Å². The Morgan fingerprint density at radius 1 is 0.926 bits per heavy atom. The molecule has 0 aliphatic rings. The summed E-state index contributed by atoms with van der Waals surface area (Å²) in [6.45, 7) is 3.99. The van der Waals surface area contributed by atoms with Crippen LogP contribution in [0.1, 0.15) is 21.5 Å². The second-order valence-corrected chi connectivity index (χ2v) is 6.53. The first-order valence-corrected chi connectivity index (χ1v) is 8.81. The van der Waals surface area contributed by atoms with Crippen LogP contribution in [0.4, 0.5) is 5.69 Å². The Kier molecular flexibility index (Phi) is 4.38. The van der Waals surface area contributed by atoms with E-state index in [2.05, 4.69) is 10.3 Å². The number of aryl methyl sites for hydroxylation is 2. The zero-order chi connectivity index (χ0) is 18.8. The molecule has 4 aromatic rings. The zero-order valence-electron chi connectivity index (χ0n) is 15.2. The van der Waals surface area contributed by atoms with E-state index in [0.717, 1.165) is 39.0 Å². The van der Waals surface area contributed by atoms with Crippen LogP contribution in [0.2, 0.25) is 0 Å². The van der Waals surface area contributed by atoms with Gasteiger partial charge in [-0.3, -0.25) is 9.78 Å². The highest BCUT2D eigenvalue weighted by molar-refractivity contribution is 6.13. The Morgan fingerprint density at radius 2 is 1.70 bits per heavy atom. The SMILES string of the molecule is Cc1cccc(C)c1NC(=O)c1cc(-c2cccnc2)nc2ccccc12. The Hall–Kier alpha value is -3.53. The van der Waals surface area contributed by atoms with Crippen molar-refractivity contribution in [2.75, 3.05) is 5.32 Å². The lowest BCUT2D eigenvalue weighted by atomic mass is 10.0. The van der Waals surface area contributed by atoms with Crippen molar-refractivity contribution in [2.24, 2.45) is 0 Å². The number of para-hydroxylation sites is 2. The van der Waals surface area contributed by atoms with Crippen molar-refractivity contribution in [3.63, 3.8) is 0 Å². The van der Waals surface area contributed by atoms with Gasteiger partial charge in [-0.05, 0) is 49.2 Å². The van der Waals surface area contributed by atoms with Gasteiger partial charge in [0.2, 0.25) is 0 Å². The third kappa shape index (κ3) is 3.29. The van der Waals surface area contributed by atoms with Crippen LogP contribution in [-0.2, 0) is 0 Å². The maximum Gasteiger partial charge on any atom is 0.256 e. The molecule has 0 radical (unpaired) electrons. The van der Waals surface area contributed by atoms with Crippen LogP contribution in [0.15, 0.2) is 73.1 Å². The normalized spacial score (nSPS) is 10.7. The second kappa shape index (κ2) is 7.00. The van der Waals surface area contributed by atoms with E-state index in [9.17, 15) is 4.79 Å². The van der Waals surface area contributed by atoms with Crippen molar-refractivity contribution in [3.8, 4) is 11.3 Å². The molecule has 0 spiro atoms. The molecule has 4 heteroatoms. The van der Waals surface area contributed by atoms with Gasteiger partial charge in [-0.2, -0.15) is 0 Å². The third-order valence-corrected chi connectivity index (χ3v) is 4.64. The van der Waals surface area contributed by atoms with E-state index in [1.165, 1.54) is 0 Å². The first-order valence-electron chi connectivity index (χ1n) is 8.81. The van der Waals surface area contributed by atoms with Crippen LogP contribution in [0, 0.1) is 13.8 Å². The number of benzene rings is 2. The largest absolute Gasteiger partial charge is 0.321 e. The summed E-state index contributed by atoms with van der Waals surface area (Å²) in [5, 5.41) is 3.91. The van der Waals surface area contributed by atoms with Crippen LogP contribution in [0.25, 0.3) is 22.2 Å². The van der Waals surface area contributed by atoms with Gasteiger partial charge < -0.3 is 5.32 Å². The summed E-state index contributed by atoms with van der Waals surface area (Å²) in [5.74, 6) is -0.142. The fourth-order valence-electron chi connectivity index (χ4n) is 3.22. The number of aromatic nitrogens is 2. The van der Waals surface area contributed by atoms with Crippen LogP contribution in [0.5, 0.6) is 0 Å². The average molecular weight is 353 g/mol. The average Bonchev–Trinajstić information content (AvgIpc) is 2.70. The number of nitrogens with zero attached hydrogens (tertiary/aromatic N) is 2. The molecule has 0 aliphatic heterocycles. The summed E-state index contributed by atoms with van der Waals surface area (Å²) in [7, 11) is 0. The van der Waals surface area contributed by atoms with Gasteiger partial charge in [-0.1, -0.05) is 36.4 Å². The van der Waals surface area contributed by atoms with Crippen LogP contribution in [-0.4, -0.2) is 15.9 Å². The highest BCUT2D eigenvalue weighted by Crippen LogP contribution is 2.26. The predicted octanol–water partition coefficient (Wildman–Crippen LogP) is 5.17. The van der Waals surface area contributed by atoms with Gasteiger partial charge in [-0.25, -0.2) is 4.98 Å². The van der Waals surface area contributed by atoms with Crippen LogP contribution >= 0.6 is 0 Å². The van der Waals surface area contributed by atoms with Gasteiger partial charge in [0.15, 0.2) is 0 Å². The molecule has 0 atom stereocenters. The Bertz CT molecular complexity index is 1120. The summed E-state index contributed by atoms with van der Waals surface area (Å²) >= 11 is 0. The number of hydrogen-bond donors (Lipinski definition) is 1. The molecule has 4 rings (SSSR count). The smallest absolute Gasteiger partial charge is 0.256 e. The Labute approximate surface area is 157 Å². The number of pyridine rings is 2. The zero-order valence-corrected chi connectivity index (χ0v) is 15.2. The van der Waals surface area contributed by atoms with Gasteiger partial charge in [0.1, 0.15) is 0 Å². The van der Waals surface area contributed by atoms with Crippen molar-refractivity contribution in [3.05, 3.63) is 89.7 Å². The molecule has 2 aromatic carbocycles. The van der Waals surface area contributed by atoms with Crippen LogP contribution < -0.4 is 5.32 Å². The second-order valence-electron chi connectivity index (χ2n) is 6.53. The lowest BCUT2D eigenvalue weighted by molar-refractivity contribution is 0.102. The lowest BCUT2D eigenvalue weighted by Gasteiger charge is -2.13. The van der Waals surface area contributed by atoms with E-state index in [-0.39, 0.29) is 5.91 Å². The standard InChI is InChI=1S/C23H19N3O/c1-15-7-5-8-16(2)22(15)26-23(27)19-13-21(17-9-6-12-24-14-17)25-20-11-4-3-10-18(19)20/h3-14H,1-2H3,(H,26,27). The summed E-state index contributed by atoms with van der Waals surface area (Å²) in [6, 6.07) is 19.3. The molecule has 2 aromatic heterocycles. The predicted molar refractivity (Wildman–Crippen MR) is 109 cm³/mol. The van der Waals surface area contributed by atoms with Gasteiger partial charge >= 0.3 is 0 Å². The summed E-state index contributed by atoms with van der Waals surface area (Å²) in [5.41, 5.74) is 5.92. The molecule has 0 saturated carbocycles. The summed E-state index contributed by atoms with van der Waals surface area (Å²) < 4.78 is 0. The van der Waals surface area contributed by atoms with Gasteiger partial charge in [0, 0.05) is 29.0 Å². The Balaban J connectivity index is 1.84. The van der Waals surface area contributed by atoms with Crippen molar-refractivity contribution in [2.45, 2.75) is 13.8 Å². The monoisotopic (exact) mass is 353 g/mol. The Morgan fingerprint density at radius 3 is 2.44 bits per heavy atom.